The summed E-state index contributed by atoms with van der Waals surface area (Å²) in [6, 6.07) is 20.0. The third kappa shape index (κ3) is 4.18. The maximum Gasteiger partial charge on any atom is 0.237 e. The summed E-state index contributed by atoms with van der Waals surface area (Å²) in [5, 5.41) is 3.00. The van der Waals surface area contributed by atoms with Crippen LogP contribution in [0.25, 0.3) is 0 Å². The first kappa shape index (κ1) is 16.2. The van der Waals surface area contributed by atoms with E-state index in [1.165, 1.54) is 11.1 Å². The Kier molecular flexibility index (Phi) is 5.73. The maximum absolute atomic E-state index is 12.1. The van der Waals surface area contributed by atoms with Crippen LogP contribution >= 0.6 is 0 Å². The molecule has 0 spiro atoms. The third-order valence-corrected chi connectivity index (χ3v) is 3.91. The predicted octanol–water partition coefficient (Wildman–Crippen LogP) is 2.92. The van der Waals surface area contributed by atoms with Gasteiger partial charge in [0.25, 0.3) is 0 Å². The van der Waals surface area contributed by atoms with Crippen LogP contribution in [0.4, 0.5) is 0 Å². The molecule has 0 aromatic heterocycles. The van der Waals surface area contributed by atoms with Gasteiger partial charge in [0.2, 0.25) is 5.91 Å². The molecule has 2 rings (SSSR count). The molecule has 0 unspecified atom stereocenters. The Morgan fingerprint density at radius 2 is 1.41 bits per heavy atom. The van der Waals surface area contributed by atoms with Gasteiger partial charge in [-0.25, -0.2) is 0 Å². The van der Waals surface area contributed by atoms with Gasteiger partial charge in [0.15, 0.2) is 0 Å². The van der Waals surface area contributed by atoms with Crippen molar-refractivity contribution in [3.8, 4) is 0 Å². The first-order valence-electron chi connectivity index (χ1n) is 7.72. The molecule has 0 radical (unpaired) electrons. The molecule has 3 N–H and O–H groups in total. The van der Waals surface area contributed by atoms with Crippen molar-refractivity contribution in [3.63, 3.8) is 0 Å². The maximum atomic E-state index is 12.1. The van der Waals surface area contributed by atoms with Crippen LogP contribution in [0.1, 0.15) is 30.9 Å². The Hall–Kier alpha value is -2.13. The first-order chi connectivity index (χ1) is 10.6. The number of amides is 1. The summed E-state index contributed by atoms with van der Waals surface area (Å²) < 4.78 is 0. The van der Waals surface area contributed by atoms with Crippen molar-refractivity contribution in [1.29, 1.82) is 0 Å². The first-order valence-corrected chi connectivity index (χ1v) is 7.72. The summed E-state index contributed by atoms with van der Waals surface area (Å²) in [6.45, 7) is 4.46. The van der Waals surface area contributed by atoms with Gasteiger partial charge in [0.1, 0.15) is 0 Å². The van der Waals surface area contributed by atoms with Gasteiger partial charge in [-0.05, 0) is 17.0 Å². The van der Waals surface area contributed by atoms with E-state index in [9.17, 15) is 4.79 Å². The Balaban J connectivity index is 2.15. The average molecular weight is 296 g/mol. The summed E-state index contributed by atoms with van der Waals surface area (Å²) in [5.74, 6) is 0.171. The Bertz CT molecular complexity index is 541. The van der Waals surface area contributed by atoms with Crippen LogP contribution in [0.3, 0.4) is 0 Å². The third-order valence-electron chi connectivity index (χ3n) is 3.91. The lowest BCUT2D eigenvalue weighted by molar-refractivity contribution is -0.123. The molecule has 0 aliphatic carbocycles. The number of carbonyl (C=O) groups is 1. The van der Waals surface area contributed by atoms with E-state index in [4.69, 9.17) is 5.73 Å². The van der Waals surface area contributed by atoms with Gasteiger partial charge in [0.05, 0.1) is 6.04 Å². The number of nitrogens with two attached hydrogens (primary N) is 1. The van der Waals surface area contributed by atoms with Gasteiger partial charge in [-0.15, -0.1) is 0 Å². The summed E-state index contributed by atoms with van der Waals surface area (Å²) in [6.07, 6.45) is 0. The number of nitrogens with one attached hydrogen (secondary N) is 1. The van der Waals surface area contributed by atoms with E-state index in [1.807, 2.05) is 50.2 Å². The predicted molar refractivity (Wildman–Crippen MR) is 90.6 cm³/mol. The van der Waals surface area contributed by atoms with Gasteiger partial charge in [-0.1, -0.05) is 74.5 Å². The molecule has 1 amide bonds. The van der Waals surface area contributed by atoms with E-state index in [-0.39, 0.29) is 17.7 Å². The normalized spacial score (nSPS) is 12.4. The second-order valence-electron chi connectivity index (χ2n) is 5.89. The van der Waals surface area contributed by atoms with Crippen molar-refractivity contribution < 1.29 is 4.79 Å². The van der Waals surface area contributed by atoms with Crippen LogP contribution in [0, 0.1) is 5.92 Å². The smallest absolute Gasteiger partial charge is 0.237 e. The summed E-state index contributed by atoms with van der Waals surface area (Å²) in [4.78, 5) is 12.1. The van der Waals surface area contributed by atoms with E-state index in [0.29, 0.717) is 6.54 Å². The molecule has 0 bridgehead atoms. The molecule has 22 heavy (non-hydrogen) atoms. The van der Waals surface area contributed by atoms with Gasteiger partial charge in [-0.2, -0.15) is 0 Å². The van der Waals surface area contributed by atoms with Crippen LogP contribution in [0.2, 0.25) is 0 Å². The lowest BCUT2D eigenvalue weighted by Crippen LogP contribution is -2.45. The zero-order valence-corrected chi connectivity index (χ0v) is 13.2. The molecular weight excluding hydrogens is 272 g/mol. The molecule has 3 nitrogen and oxygen atoms in total. The van der Waals surface area contributed by atoms with E-state index < -0.39 is 6.04 Å². The van der Waals surface area contributed by atoms with Crippen LogP contribution in [-0.4, -0.2) is 18.5 Å². The number of hydrogen-bond donors (Lipinski definition) is 2. The number of benzene rings is 2. The monoisotopic (exact) mass is 296 g/mol. The van der Waals surface area contributed by atoms with Crippen molar-refractivity contribution in [1.82, 2.24) is 5.32 Å². The minimum atomic E-state index is -0.466. The zero-order valence-electron chi connectivity index (χ0n) is 13.2. The van der Waals surface area contributed by atoms with E-state index >= 15 is 0 Å². The van der Waals surface area contributed by atoms with E-state index in [0.717, 1.165) is 0 Å². The van der Waals surface area contributed by atoms with Gasteiger partial charge in [0, 0.05) is 12.5 Å². The fourth-order valence-corrected chi connectivity index (χ4v) is 2.42. The van der Waals surface area contributed by atoms with Crippen molar-refractivity contribution >= 4 is 5.91 Å². The SMILES string of the molecule is CC(C)[C@@H](N)C(=O)NCC(c1ccccc1)c1ccccc1. The molecule has 0 fully saturated rings. The zero-order chi connectivity index (χ0) is 15.9. The lowest BCUT2D eigenvalue weighted by Gasteiger charge is -2.21. The summed E-state index contributed by atoms with van der Waals surface area (Å²) in [5.41, 5.74) is 8.29. The molecular formula is C19H24N2O. The highest BCUT2D eigenvalue weighted by Gasteiger charge is 2.20. The molecule has 116 valence electrons. The molecule has 2 aromatic rings. The highest BCUT2D eigenvalue weighted by Crippen LogP contribution is 2.23. The molecule has 0 aliphatic rings. The molecule has 0 aliphatic heterocycles. The van der Waals surface area contributed by atoms with Gasteiger partial charge < -0.3 is 11.1 Å². The fraction of sp³-hybridized carbons (Fsp3) is 0.316. The standard InChI is InChI=1S/C19H24N2O/c1-14(2)18(20)19(22)21-13-17(15-9-5-3-6-10-15)16-11-7-4-8-12-16/h3-12,14,17-18H,13,20H2,1-2H3,(H,21,22)/t18-/m1/s1. The molecule has 0 saturated carbocycles. The summed E-state index contributed by atoms with van der Waals surface area (Å²) in [7, 11) is 0. The van der Waals surface area contributed by atoms with Crippen molar-refractivity contribution in [2.24, 2.45) is 11.7 Å². The molecule has 2 aromatic carbocycles. The largest absolute Gasteiger partial charge is 0.354 e. The number of hydrogen-bond acceptors (Lipinski definition) is 2. The quantitative estimate of drug-likeness (QED) is 0.861. The minimum Gasteiger partial charge on any atom is -0.354 e. The molecule has 1 atom stereocenters. The lowest BCUT2D eigenvalue weighted by atomic mass is 9.91. The van der Waals surface area contributed by atoms with Crippen LogP contribution < -0.4 is 11.1 Å². The topological polar surface area (TPSA) is 55.1 Å². The van der Waals surface area contributed by atoms with Crippen molar-refractivity contribution in [3.05, 3.63) is 71.8 Å². The Morgan fingerprint density at radius 3 is 1.82 bits per heavy atom. The number of carbonyl (C=O) groups excluding carboxylic acids is 1. The second kappa shape index (κ2) is 7.76. The van der Waals surface area contributed by atoms with Gasteiger partial charge in [-0.3, -0.25) is 4.79 Å². The molecule has 0 saturated heterocycles. The highest BCUT2D eigenvalue weighted by molar-refractivity contribution is 5.81. The van der Waals surface area contributed by atoms with Crippen molar-refractivity contribution in [2.45, 2.75) is 25.8 Å². The molecule has 0 heterocycles. The molecule has 3 heteroatoms. The van der Waals surface area contributed by atoms with Crippen LogP contribution in [-0.2, 0) is 4.79 Å². The highest BCUT2D eigenvalue weighted by atomic mass is 16.2. The summed E-state index contributed by atoms with van der Waals surface area (Å²) >= 11 is 0. The average Bonchev–Trinajstić information content (AvgIpc) is 2.56. The van der Waals surface area contributed by atoms with E-state index in [2.05, 4.69) is 29.6 Å². The Labute approximate surface area is 132 Å². The van der Waals surface area contributed by atoms with Crippen molar-refractivity contribution in [2.75, 3.05) is 6.54 Å². The van der Waals surface area contributed by atoms with Gasteiger partial charge >= 0.3 is 0 Å². The van der Waals surface area contributed by atoms with Crippen LogP contribution in [0.15, 0.2) is 60.7 Å². The minimum absolute atomic E-state index is 0.0909. The van der Waals surface area contributed by atoms with E-state index in [1.54, 1.807) is 0 Å². The second-order valence-corrected chi connectivity index (χ2v) is 5.89. The fourth-order valence-electron chi connectivity index (χ4n) is 2.42. The Morgan fingerprint density at radius 1 is 0.955 bits per heavy atom. The van der Waals surface area contributed by atoms with Crippen LogP contribution in [0.5, 0.6) is 0 Å². The number of rotatable bonds is 6.